The highest BCUT2D eigenvalue weighted by Crippen LogP contribution is 2.30. The Morgan fingerprint density at radius 3 is 2.56 bits per heavy atom. The van der Waals surface area contributed by atoms with Gasteiger partial charge in [-0.25, -0.2) is 0 Å². The molecule has 3 heteroatoms. The number of aldehydes is 1. The lowest BCUT2D eigenvalue weighted by Gasteiger charge is -2.04. The van der Waals surface area contributed by atoms with Crippen LogP contribution >= 0.6 is 11.3 Å². The quantitative estimate of drug-likeness (QED) is 0.643. The predicted molar refractivity (Wildman–Crippen MR) is 73.7 cm³/mol. The van der Waals surface area contributed by atoms with E-state index in [1.165, 1.54) is 16.7 Å². The van der Waals surface area contributed by atoms with Crippen molar-refractivity contribution in [3.05, 3.63) is 59.5 Å². The van der Waals surface area contributed by atoms with Crippen molar-refractivity contribution in [2.75, 3.05) is 0 Å². The minimum atomic E-state index is 0.672. The van der Waals surface area contributed by atoms with Gasteiger partial charge in [0.1, 0.15) is 5.75 Å². The molecule has 0 radical (unpaired) electrons. The highest BCUT2D eigenvalue weighted by Gasteiger charge is 2.02. The Kier molecular flexibility index (Phi) is 2.82. The summed E-state index contributed by atoms with van der Waals surface area (Å²) in [7, 11) is 0. The Morgan fingerprint density at radius 1 is 0.944 bits per heavy atom. The van der Waals surface area contributed by atoms with Gasteiger partial charge in [-0.05, 0) is 35.0 Å². The summed E-state index contributed by atoms with van der Waals surface area (Å²) in [5, 5.41) is 3.05. The van der Waals surface area contributed by atoms with Crippen molar-refractivity contribution < 1.29 is 9.53 Å². The minimum Gasteiger partial charge on any atom is -0.447 e. The first-order chi connectivity index (χ1) is 8.85. The van der Waals surface area contributed by atoms with Crippen LogP contribution in [0.25, 0.3) is 10.8 Å². The maximum absolute atomic E-state index is 10.6. The standard InChI is InChI=1S/C15H10O2S/c16-10-14-7-8-15(18-14)17-13-6-5-11-3-1-2-4-12(11)9-13/h1-10H. The molecule has 0 amide bonds. The van der Waals surface area contributed by atoms with Gasteiger partial charge in [-0.2, -0.15) is 0 Å². The molecule has 0 saturated heterocycles. The highest BCUT2D eigenvalue weighted by atomic mass is 32.1. The fourth-order valence-electron chi connectivity index (χ4n) is 1.80. The zero-order chi connectivity index (χ0) is 12.4. The first kappa shape index (κ1) is 11.0. The molecule has 0 aliphatic carbocycles. The third-order valence-corrected chi connectivity index (χ3v) is 3.55. The first-order valence-corrected chi connectivity index (χ1v) is 6.38. The molecule has 0 fully saturated rings. The molecule has 0 saturated carbocycles. The van der Waals surface area contributed by atoms with Crippen molar-refractivity contribution in [1.82, 2.24) is 0 Å². The molecule has 18 heavy (non-hydrogen) atoms. The molecule has 0 aliphatic rings. The van der Waals surface area contributed by atoms with Crippen LogP contribution in [-0.2, 0) is 0 Å². The number of fused-ring (bicyclic) bond motifs is 1. The second-order valence-corrected chi connectivity index (χ2v) is 4.96. The molecule has 1 aromatic heterocycles. The Bertz CT molecular complexity index is 700. The Balaban J connectivity index is 1.92. The van der Waals surface area contributed by atoms with Crippen molar-refractivity contribution in [3.8, 4) is 10.8 Å². The van der Waals surface area contributed by atoms with E-state index < -0.39 is 0 Å². The van der Waals surface area contributed by atoms with Crippen LogP contribution < -0.4 is 4.74 Å². The fraction of sp³-hybridized carbons (Fsp3) is 0. The lowest BCUT2D eigenvalue weighted by Crippen LogP contribution is -1.80. The van der Waals surface area contributed by atoms with Crippen molar-refractivity contribution in [3.63, 3.8) is 0 Å². The van der Waals surface area contributed by atoms with E-state index in [0.717, 1.165) is 22.5 Å². The average Bonchev–Trinajstić information content (AvgIpc) is 2.86. The molecule has 1 heterocycles. The molecular formula is C15H10O2S. The van der Waals surface area contributed by atoms with Gasteiger partial charge in [-0.1, -0.05) is 41.7 Å². The smallest absolute Gasteiger partial charge is 0.181 e. The van der Waals surface area contributed by atoms with Gasteiger partial charge in [-0.15, -0.1) is 0 Å². The van der Waals surface area contributed by atoms with Gasteiger partial charge in [0.2, 0.25) is 0 Å². The van der Waals surface area contributed by atoms with Crippen molar-refractivity contribution in [2.24, 2.45) is 0 Å². The molecular weight excluding hydrogens is 244 g/mol. The summed E-state index contributed by atoms with van der Waals surface area (Å²) in [6.45, 7) is 0. The van der Waals surface area contributed by atoms with Crippen LogP contribution in [0.2, 0.25) is 0 Å². The van der Waals surface area contributed by atoms with Gasteiger partial charge < -0.3 is 4.74 Å². The topological polar surface area (TPSA) is 26.3 Å². The zero-order valence-corrected chi connectivity index (χ0v) is 10.3. The molecule has 3 rings (SSSR count). The van der Waals surface area contributed by atoms with Crippen LogP contribution in [-0.4, -0.2) is 6.29 Å². The maximum atomic E-state index is 10.6. The molecule has 88 valence electrons. The summed E-state index contributed by atoms with van der Waals surface area (Å²) in [4.78, 5) is 11.3. The van der Waals surface area contributed by atoms with Gasteiger partial charge in [0.05, 0.1) is 4.88 Å². The molecule has 0 bridgehead atoms. The van der Waals surface area contributed by atoms with Crippen molar-refractivity contribution in [2.45, 2.75) is 0 Å². The van der Waals surface area contributed by atoms with Crippen LogP contribution in [0.3, 0.4) is 0 Å². The number of carbonyl (C=O) groups excluding carboxylic acids is 1. The van der Waals surface area contributed by atoms with E-state index in [9.17, 15) is 4.79 Å². The van der Waals surface area contributed by atoms with E-state index in [-0.39, 0.29) is 0 Å². The normalized spacial score (nSPS) is 10.4. The lowest BCUT2D eigenvalue weighted by molar-refractivity contribution is 0.112. The van der Waals surface area contributed by atoms with E-state index in [4.69, 9.17) is 4.74 Å². The number of hydrogen-bond acceptors (Lipinski definition) is 3. The minimum absolute atomic E-state index is 0.672. The first-order valence-electron chi connectivity index (χ1n) is 5.57. The molecule has 0 N–H and O–H groups in total. The molecule has 3 aromatic rings. The third-order valence-electron chi connectivity index (χ3n) is 2.66. The zero-order valence-electron chi connectivity index (χ0n) is 9.50. The number of rotatable bonds is 3. The van der Waals surface area contributed by atoms with Crippen LogP contribution in [0.4, 0.5) is 0 Å². The molecule has 0 aliphatic heterocycles. The number of benzene rings is 2. The molecule has 2 aromatic carbocycles. The maximum Gasteiger partial charge on any atom is 0.181 e. The third kappa shape index (κ3) is 2.13. The van der Waals surface area contributed by atoms with Crippen LogP contribution in [0, 0.1) is 0 Å². The summed E-state index contributed by atoms with van der Waals surface area (Å²) >= 11 is 1.34. The summed E-state index contributed by atoms with van der Waals surface area (Å²) in [6.07, 6.45) is 0.831. The van der Waals surface area contributed by atoms with E-state index in [0.29, 0.717) is 4.88 Å². The molecule has 0 spiro atoms. The summed E-state index contributed by atoms with van der Waals surface area (Å²) in [5.74, 6) is 0.785. The Morgan fingerprint density at radius 2 is 1.78 bits per heavy atom. The van der Waals surface area contributed by atoms with Crippen LogP contribution in [0.5, 0.6) is 10.8 Å². The summed E-state index contributed by atoms with van der Waals surface area (Å²) in [6, 6.07) is 17.7. The van der Waals surface area contributed by atoms with Crippen LogP contribution in [0.1, 0.15) is 9.67 Å². The van der Waals surface area contributed by atoms with E-state index in [1.807, 2.05) is 42.5 Å². The predicted octanol–water partition coefficient (Wildman–Crippen LogP) is 4.51. The van der Waals surface area contributed by atoms with Crippen LogP contribution in [0.15, 0.2) is 54.6 Å². The average molecular weight is 254 g/mol. The largest absolute Gasteiger partial charge is 0.447 e. The SMILES string of the molecule is O=Cc1ccc(Oc2ccc3ccccc3c2)s1. The van der Waals surface area contributed by atoms with Crippen molar-refractivity contribution >= 4 is 28.4 Å². The monoisotopic (exact) mass is 254 g/mol. The Labute approximate surface area is 108 Å². The molecule has 2 nitrogen and oxygen atoms in total. The van der Waals surface area contributed by atoms with Gasteiger partial charge in [-0.3, -0.25) is 4.79 Å². The second kappa shape index (κ2) is 4.63. The Hall–Kier alpha value is -2.13. The summed E-state index contributed by atoms with van der Waals surface area (Å²) < 4.78 is 5.73. The number of hydrogen-bond donors (Lipinski definition) is 0. The molecule has 0 unspecified atom stereocenters. The lowest BCUT2D eigenvalue weighted by atomic mass is 10.1. The van der Waals surface area contributed by atoms with Crippen molar-refractivity contribution in [1.29, 1.82) is 0 Å². The second-order valence-electron chi connectivity index (χ2n) is 3.89. The summed E-state index contributed by atoms with van der Waals surface area (Å²) in [5.41, 5.74) is 0. The van der Waals surface area contributed by atoms with E-state index in [2.05, 4.69) is 6.07 Å². The van der Waals surface area contributed by atoms with Gasteiger partial charge in [0.25, 0.3) is 0 Å². The number of carbonyl (C=O) groups is 1. The fourth-order valence-corrected chi connectivity index (χ4v) is 2.49. The van der Waals surface area contributed by atoms with Gasteiger partial charge >= 0.3 is 0 Å². The van der Waals surface area contributed by atoms with E-state index >= 15 is 0 Å². The van der Waals surface area contributed by atoms with E-state index in [1.54, 1.807) is 6.07 Å². The van der Waals surface area contributed by atoms with Gasteiger partial charge in [0.15, 0.2) is 11.3 Å². The van der Waals surface area contributed by atoms with Gasteiger partial charge in [0, 0.05) is 0 Å². The highest BCUT2D eigenvalue weighted by molar-refractivity contribution is 7.15. The molecule has 0 atom stereocenters. The number of thiophene rings is 1. The number of ether oxygens (including phenoxy) is 1.